The zero-order valence-corrected chi connectivity index (χ0v) is 11.7. The van der Waals surface area contributed by atoms with Crippen LogP contribution in [-0.2, 0) is 4.79 Å². The van der Waals surface area contributed by atoms with Crippen molar-refractivity contribution in [1.29, 1.82) is 0 Å². The second-order valence-corrected chi connectivity index (χ2v) is 4.88. The number of benzene rings is 1. The zero-order chi connectivity index (χ0) is 14.4. The third-order valence-electron chi connectivity index (χ3n) is 3.43. The lowest BCUT2D eigenvalue weighted by Crippen LogP contribution is -2.23. The monoisotopic (exact) mass is 273 g/mol. The predicted octanol–water partition coefficient (Wildman–Crippen LogP) is 2.36. The van der Waals surface area contributed by atoms with E-state index in [0.29, 0.717) is 5.92 Å². The van der Waals surface area contributed by atoms with Crippen LogP contribution in [0.2, 0.25) is 0 Å². The lowest BCUT2D eigenvalue weighted by Gasteiger charge is -2.19. The number of nitrogens with one attached hydrogen (secondary N) is 2. The molecule has 2 atom stereocenters. The molecule has 0 saturated heterocycles. The largest absolute Gasteiger partial charge is 0.292 e. The number of H-pyrrole nitrogens is 1. The summed E-state index contributed by atoms with van der Waals surface area (Å²) in [6.45, 7) is 4.06. The molecular weight excluding hydrogens is 254 g/mol. The van der Waals surface area contributed by atoms with Crippen LogP contribution in [0.4, 0.5) is 5.95 Å². The first kappa shape index (κ1) is 14.2. The van der Waals surface area contributed by atoms with Gasteiger partial charge >= 0.3 is 0 Å². The molecular formula is C14H19N5O. The molecule has 0 aliphatic carbocycles. The van der Waals surface area contributed by atoms with E-state index in [4.69, 9.17) is 0 Å². The third-order valence-corrected chi connectivity index (χ3v) is 3.43. The quantitative estimate of drug-likeness (QED) is 0.846. The molecule has 106 valence electrons. The van der Waals surface area contributed by atoms with Crippen LogP contribution in [0.1, 0.15) is 38.2 Å². The van der Waals surface area contributed by atoms with E-state index in [-0.39, 0.29) is 17.8 Å². The first-order chi connectivity index (χ1) is 9.70. The maximum Gasteiger partial charge on any atom is 0.269 e. The molecule has 0 aliphatic rings. The Morgan fingerprint density at radius 3 is 2.70 bits per heavy atom. The second-order valence-electron chi connectivity index (χ2n) is 4.88. The maximum absolute atomic E-state index is 12.1. The molecule has 0 radical (unpaired) electrons. The normalized spacial score (nSPS) is 13.7. The minimum atomic E-state index is -0.112. The summed E-state index contributed by atoms with van der Waals surface area (Å²) in [5.41, 5.74) is 1.27. The number of carbonyl (C=O) groups excluding carboxylic acids is 1. The summed E-state index contributed by atoms with van der Waals surface area (Å²) in [6.07, 6.45) is 1.80. The summed E-state index contributed by atoms with van der Waals surface area (Å²) in [5, 5.41) is 15.8. The molecule has 1 amide bonds. The molecule has 6 heteroatoms. The van der Waals surface area contributed by atoms with Gasteiger partial charge < -0.3 is 0 Å². The molecule has 20 heavy (non-hydrogen) atoms. The fourth-order valence-corrected chi connectivity index (χ4v) is 2.25. The van der Waals surface area contributed by atoms with Crippen molar-refractivity contribution in [2.75, 3.05) is 5.32 Å². The molecule has 1 aromatic heterocycles. The third kappa shape index (κ3) is 3.63. The highest BCUT2D eigenvalue weighted by molar-refractivity contribution is 5.90. The Labute approximate surface area is 118 Å². The van der Waals surface area contributed by atoms with Gasteiger partial charge in [-0.15, -0.1) is 5.10 Å². The lowest BCUT2D eigenvalue weighted by atomic mass is 9.87. The molecule has 1 aromatic carbocycles. The number of hydrogen-bond donors (Lipinski definition) is 2. The van der Waals surface area contributed by atoms with Gasteiger partial charge in [-0.3, -0.25) is 10.1 Å². The van der Waals surface area contributed by atoms with Crippen molar-refractivity contribution in [3.8, 4) is 0 Å². The number of nitrogens with zero attached hydrogens (tertiary/aromatic N) is 3. The van der Waals surface area contributed by atoms with E-state index in [1.807, 2.05) is 25.1 Å². The minimum Gasteiger partial charge on any atom is -0.292 e. The number of anilines is 1. The highest BCUT2D eigenvalue weighted by Crippen LogP contribution is 2.27. The smallest absolute Gasteiger partial charge is 0.269 e. The average Bonchev–Trinajstić information content (AvgIpc) is 2.98. The summed E-state index contributed by atoms with van der Waals surface area (Å²) >= 11 is 0. The number of carbonyl (C=O) groups is 1. The molecule has 6 nitrogen and oxygen atoms in total. The van der Waals surface area contributed by atoms with Crippen LogP contribution >= 0.6 is 0 Å². The van der Waals surface area contributed by atoms with Crippen LogP contribution in [0.15, 0.2) is 30.3 Å². The predicted molar refractivity (Wildman–Crippen MR) is 76.1 cm³/mol. The SMILES string of the molecule is CCC(CC(C)C(=O)Nc1nn[nH]n1)c1ccccc1. The van der Waals surface area contributed by atoms with Crippen LogP contribution in [0, 0.1) is 5.92 Å². The molecule has 0 spiro atoms. The Morgan fingerprint density at radius 1 is 1.35 bits per heavy atom. The molecule has 0 fully saturated rings. The van der Waals surface area contributed by atoms with Crippen LogP contribution in [0.3, 0.4) is 0 Å². The Hall–Kier alpha value is -2.24. The number of aromatic amines is 1. The number of rotatable bonds is 6. The minimum absolute atomic E-state index is 0.0826. The Kier molecular flexibility index (Phi) is 4.81. The Bertz CT molecular complexity index is 526. The van der Waals surface area contributed by atoms with E-state index in [9.17, 15) is 4.79 Å². The molecule has 0 aliphatic heterocycles. The molecule has 1 heterocycles. The van der Waals surface area contributed by atoms with E-state index >= 15 is 0 Å². The maximum atomic E-state index is 12.1. The van der Waals surface area contributed by atoms with Gasteiger partial charge in [-0.05, 0) is 29.5 Å². The fraction of sp³-hybridized carbons (Fsp3) is 0.429. The molecule has 2 N–H and O–H groups in total. The van der Waals surface area contributed by atoms with Gasteiger partial charge in [0.25, 0.3) is 5.95 Å². The van der Waals surface area contributed by atoms with Crippen molar-refractivity contribution in [2.24, 2.45) is 5.92 Å². The summed E-state index contributed by atoms with van der Waals surface area (Å²) in [5.74, 6) is 0.399. The van der Waals surface area contributed by atoms with Gasteiger partial charge in [0.05, 0.1) is 0 Å². The first-order valence-electron chi connectivity index (χ1n) is 6.80. The van der Waals surface area contributed by atoms with E-state index < -0.39 is 0 Å². The van der Waals surface area contributed by atoms with Crippen LogP contribution < -0.4 is 5.32 Å². The summed E-state index contributed by atoms with van der Waals surface area (Å²) in [6, 6.07) is 10.3. The van der Waals surface area contributed by atoms with Gasteiger partial charge in [0.15, 0.2) is 0 Å². The molecule has 2 aromatic rings. The van der Waals surface area contributed by atoms with Crippen LogP contribution in [0.5, 0.6) is 0 Å². The standard InChI is InChI=1S/C14H19N5O/c1-3-11(12-7-5-4-6-8-12)9-10(2)13(20)15-14-16-18-19-17-14/h4-8,10-11H,3,9H2,1-2H3,(H2,15,16,17,18,19,20). The van der Waals surface area contributed by atoms with Crippen molar-refractivity contribution >= 4 is 11.9 Å². The van der Waals surface area contributed by atoms with Gasteiger partial charge in [0, 0.05) is 5.92 Å². The van der Waals surface area contributed by atoms with Gasteiger partial charge in [-0.2, -0.15) is 5.21 Å². The fourth-order valence-electron chi connectivity index (χ4n) is 2.25. The van der Waals surface area contributed by atoms with E-state index in [2.05, 4.69) is 45.0 Å². The zero-order valence-electron chi connectivity index (χ0n) is 11.7. The average molecular weight is 273 g/mol. The van der Waals surface area contributed by atoms with Gasteiger partial charge in [-0.25, -0.2) is 0 Å². The van der Waals surface area contributed by atoms with Crippen molar-refractivity contribution < 1.29 is 4.79 Å². The van der Waals surface area contributed by atoms with E-state index in [1.54, 1.807) is 0 Å². The lowest BCUT2D eigenvalue weighted by molar-refractivity contribution is -0.119. The molecule has 0 bridgehead atoms. The highest BCUT2D eigenvalue weighted by Gasteiger charge is 2.20. The summed E-state index contributed by atoms with van der Waals surface area (Å²) in [4.78, 5) is 12.1. The molecule has 2 unspecified atom stereocenters. The molecule has 2 rings (SSSR count). The second kappa shape index (κ2) is 6.79. The van der Waals surface area contributed by atoms with Gasteiger partial charge in [0.2, 0.25) is 5.91 Å². The first-order valence-corrected chi connectivity index (χ1v) is 6.80. The van der Waals surface area contributed by atoms with Crippen molar-refractivity contribution in [3.63, 3.8) is 0 Å². The Balaban J connectivity index is 1.95. The van der Waals surface area contributed by atoms with Crippen molar-refractivity contribution in [2.45, 2.75) is 32.6 Å². The molecule has 0 saturated carbocycles. The van der Waals surface area contributed by atoms with Crippen molar-refractivity contribution in [1.82, 2.24) is 20.6 Å². The van der Waals surface area contributed by atoms with Gasteiger partial charge in [-0.1, -0.05) is 49.3 Å². The number of hydrogen-bond acceptors (Lipinski definition) is 4. The van der Waals surface area contributed by atoms with E-state index in [0.717, 1.165) is 12.8 Å². The summed E-state index contributed by atoms with van der Waals surface area (Å²) in [7, 11) is 0. The van der Waals surface area contributed by atoms with Crippen LogP contribution in [-0.4, -0.2) is 26.5 Å². The van der Waals surface area contributed by atoms with E-state index in [1.165, 1.54) is 5.56 Å². The highest BCUT2D eigenvalue weighted by atomic mass is 16.2. The summed E-state index contributed by atoms with van der Waals surface area (Å²) < 4.78 is 0. The van der Waals surface area contributed by atoms with Crippen LogP contribution in [0.25, 0.3) is 0 Å². The topological polar surface area (TPSA) is 83.6 Å². The number of tetrazole rings is 1. The Morgan fingerprint density at radius 2 is 2.10 bits per heavy atom. The van der Waals surface area contributed by atoms with Crippen molar-refractivity contribution in [3.05, 3.63) is 35.9 Å². The number of amides is 1. The number of aromatic nitrogens is 4. The van der Waals surface area contributed by atoms with Gasteiger partial charge in [0.1, 0.15) is 0 Å².